The summed E-state index contributed by atoms with van der Waals surface area (Å²) in [5.74, 6) is 1.91. The van der Waals surface area contributed by atoms with Crippen molar-refractivity contribution in [2.75, 3.05) is 39.5 Å². The van der Waals surface area contributed by atoms with E-state index in [1.807, 2.05) is 18.3 Å². The smallest absolute Gasteiger partial charge is 0.124 e. The third kappa shape index (κ3) is 6.65. The molecule has 2 N–H and O–H groups in total. The average Bonchev–Trinajstić information content (AvgIpc) is 3.07. The lowest BCUT2D eigenvalue weighted by Gasteiger charge is -2.38. The SMILES string of the molecule is C=C(CN(C)C)N=C1CCC(C)(C)C/C1=C(/C(C)CC)N1CCOc2ccc(-c3ccc(N)nc3)cc2C1. The summed E-state index contributed by atoms with van der Waals surface area (Å²) >= 11 is 0. The molecule has 1 atom stereocenters. The third-order valence-electron chi connectivity index (χ3n) is 7.72. The summed E-state index contributed by atoms with van der Waals surface area (Å²) in [7, 11) is 4.14. The zero-order valence-corrected chi connectivity index (χ0v) is 24.2. The summed E-state index contributed by atoms with van der Waals surface area (Å²) in [6.07, 6.45) is 6.08. The van der Waals surface area contributed by atoms with Gasteiger partial charge in [0, 0.05) is 47.5 Å². The van der Waals surface area contributed by atoms with Crippen LogP contribution in [-0.4, -0.2) is 54.3 Å². The molecule has 1 aliphatic carbocycles. The van der Waals surface area contributed by atoms with E-state index in [1.165, 1.54) is 22.5 Å². The van der Waals surface area contributed by atoms with E-state index in [0.29, 0.717) is 18.3 Å². The van der Waals surface area contributed by atoms with Crippen LogP contribution < -0.4 is 10.5 Å². The number of ether oxygens (including phenoxy) is 1. The zero-order chi connectivity index (χ0) is 27.4. The lowest BCUT2D eigenvalue weighted by atomic mass is 9.72. The van der Waals surface area contributed by atoms with Gasteiger partial charge in [-0.1, -0.05) is 40.3 Å². The van der Waals surface area contributed by atoms with Gasteiger partial charge >= 0.3 is 0 Å². The fraction of sp³-hybridized carbons (Fsp3) is 0.500. The van der Waals surface area contributed by atoms with Gasteiger partial charge in [0.2, 0.25) is 0 Å². The van der Waals surface area contributed by atoms with Crippen molar-refractivity contribution in [3.63, 3.8) is 0 Å². The molecule has 1 saturated carbocycles. The van der Waals surface area contributed by atoms with Gasteiger partial charge in [0.1, 0.15) is 18.2 Å². The molecule has 2 aliphatic rings. The van der Waals surface area contributed by atoms with Gasteiger partial charge in [-0.15, -0.1) is 0 Å². The van der Waals surface area contributed by atoms with E-state index in [1.54, 1.807) is 0 Å². The highest BCUT2D eigenvalue weighted by atomic mass is 16.5. The first kappa shape index (κ1) is 27.9. The van der Waals surface area contributed by atoms with Gasteiger partial charge in [-0.25, -0.2) is 4.98 Å². The molecule has 0 spiro atoms. The summed E-state index contributed by atoms with van der Waals surface area (Å²) in [6, 6.07) is 10.3. The minimum atomic E-state index is 0.242. The first-order valence-corrected chi connectivity index (χ1v) is 13.9. The van der Waals surface area contributed by atoms with Crippen LogP contribution in [0.4, 0.5) is 5.82 Å². The van der Waals surface area contributed by atoms with E-state index >= 15 is 0 Å². The molecule has 6 heteroatoms. The second-order valence-corrected chi connectivity index (χ2v) is 11.9. The zero-order valence-electron chi connectivity index (χ0n) is 24.2. The standard InChI is InChI=1S/C32H45N5O/c1-8-22(2)31(27-18-32(4,5)14-13-28(27)35-23(3)20-36(6)7)37-15-16-38-29-11-9-24(17-26(29)21-37)25-10-12-30(33)34-19-25/h9-12,17,19,22H,3,8,13-16,18,20-21H2,1-2,4-7H3,(H2,33,34)/b31-27+,35-28?. The number of likely N-dealkylation sites (N-methyl/N-ethyl adjacent to an activating group) is 1. The molecule has 1 aromatic carbocycles. The second-order valence-electron chi connectivity index (χ2n) is 11.9. The van der Waals surface area contributed by atoms with Crippen molar-refractivity contribution in [2.45, 2.75) is 59.9 Å². The van der Waals surface area contributed by atoms with Crippen molar-refractivity contribution in [1.82, 2.24) is 14.8 Å². The largest absolute Gasteiger partial charge is 0.491 e. The maximum atomic E-state index is 6.27. The molecule has 0 saturated heterocycles. The van der Waals surface area contributed by atoms with E-state index in [-0.39, 0.29) is 5.41 Å². The first-order chi connectivity index (χ1) is 18.1. The fourth-order valence-corrected chi connectivity index (χ4v) is 5.58. The van der Waals surface area contributed by atoms with E-state index in [4.69, 9.17) is 15.5 Å². The van der Waals surface area contributed by atoms with E-state index in [9.17, 15) is 0 Å². The molecule has 0 bridgehead atoms. The van der Waals surface area contributed by atoms with Gasteiger partial charge in [0.25, 0.3) is 0 Å². The van der Waals surface area contributed by atoms with Crippen LogP contribution in [0, 0.1) is 11.3 Å². The van der Waals surface area contributed by atoms with Crippen molar-refractivity contribution < 1.29 is 4.74 Å². The number of anilines is 1. The van der Waals surface area contributed by atoms with Gasteiger partial charge in [-0.3, -0.25) is 4.99 Å². The maximum absolute atomic E-state index is 6.27. The number of hydrogen-bond acceptors (Lipinski definition) is 6. The lowest BCUT2D eigenvalue weighted by molar-refractivity contribution is 0.240. The predicted octanol–water partition coefficient (Wildman–Crippen LogP) is 6.55. The van der Waals surface area contributed by atoms with Crippen LogP contribution in [0.3, 0.4) is 0 Å². The topological polar surface area (TPSA) is 67.0 Å². The summed E-state index contributed by atoms with van der Waals surface area (Å²) < 4.78 is 6.27. The number of nitrogens with zero attached hydrogens (tertiary/aromatic N) is 4. The maximum Gasteiger partial charge on any atom is 0.124 e. The Bertz CT molecular complexity index is 1210. The van der Waals surface area contributed by atoms with Gasteiger partial charge < -0.3 is 20.3 Å². The highest BCUT2D eigenvalue weighted by Gasteiger charge is 2.33. The van der Waals surface area contributed by atoms with E-state index < -0.39 is 0 Å². The van der Waals surface area contributed by atoms with E-state index in [0.717, 1.165) is 67.9 Å². The number of fused-ring (bicyclic) bond motifs is 1. The Balaban J connectivity index is 1.77. The average molecular weight is 516 g/mol. The van der Waals surface area contributed by atoms with Crippen LogP contribution in [0.5, 0.6) is 5.75 Å². The molecule has 1 fully saturated rings. The Kier molecular flexibility index (Phi) is 8.61. The summed E-state index contributed by atoms with van der Waals surface area (Å²) in [4.78, 5) is 14.1. The van der Waals surface area contributed by atoms with Crippen LogP contribution in [0.15, 0.2) is 65.1 Å². The molecule has 0 radical (unpaired) electrons. The molecular formula is C32H45N5O. The Morgan fingerprint density at radius 1 is 1.24 bits per heavy atom. The monoisotopic (exact) mass is 515 g/mol. The Morgan fingerprint density at radius 3 is 2.68 bits per heavy atom. The number of pyridine rings is 1. The molecule has 1 aliphatic heterocycles. The highest BCUT2D eigenvalue weighted by Crippen LogP contribution is 2.42. The van der Waals surface area contributed by atoms with E-state index in [2.05, 4.69) is 81.4 Å². The normalized spacial score (nSPS) is 20.5. The van der Waals surface area contributed by atoms with Crippen LogP contribution in [0.1, 0.15) is 58.9 Å². The van der Waals surface area contributed by atoms with Gasteiger partial charge in [-0.05, 0) is 86.5 Å². The number of aromatic nitrogens is 1. The number of nitrogen functional groups attached to an aromatic ring is 1. The second kappa shape index (κ2) is 11.7. The number of benzene rings is 1. The molecule has 2 heterocycles. The number of allylic oxidation sites excluding steroid dienone is 2. The number of aliphatic imine (C=N–C) groups is 1. The number of hydrogen-bond donors (Lipinski definition) is 1. The Hall–Kier alpha value is -3.12. The summed E-state index contributed by atoms with van der Waals surface area (Å²) in [5, 5.41) is 0. The van der Waals surface area contributed by atoms with Crippen LogP contribution >= 0.6 is 0 Å². The third-order valence-corrected chi connectivity index (χ3v) is 7.72. The fourth-order valence-electron chi connectivity index (χ4n) is 5.58. The molecular weight excluding hydrogens is 470 g/mol. The molecule has 6 nitrogen and oxygen atoms in total. The van der Waals surface area contributed by atoms with Gasteiger partial charge in [0.05, 0.1) is 6.54 Å². The summed E-state index contributed by atoms with van der Waals surface area (Å²) in [5.41, 5.74) is 14.4. The van der Waals surface area contributed by atoms with Crippen molar-refractivity contribution in [3.05, 3.63) is 65.6 Å². The predicted molar refractivity (Wildman–Crippen MR) is 159 cm³/mol. The lowest BCUT2D eigenvalue weighted by Crippen LogP contribution is -2.34. The first-order valence-electron chi connectivity index (χ1n) is 13.9. The Labute approximate surface area is 229 Å². The molecule has 4 rings (SSSR count). The van der Waals surface area contributed by atoms with Crippen molar-refractivity contribution in [2.24, 2.45) is 16.3 Å². The van der Waals surface area contributed by atoms with Crippen molar-refractivity contribution in [3.8, 4) is 16.9 Å². The quantitative estimate of drug-likeness (QED) is 0.453. The van der Waals surface area contributed by atoms with Gasteiger partial charge in [0.15, 0.2) is 0 Å². The minimum Gasteiger partial charge on any atom is -0.491 e. The van der Waals surface area contributed by atoms with Crippen LogP contribution in [0.2, 0.25) is 0 Å². The van der Waals surface area contributed by atoms with Crippen molar-refractivity contribution >= 4 is 11.5 Å². The summed E-state index contributed by atoms with van der Waals surface area (Å²) in [6.45, 7) is 16.8. The number of nitrogens with two attached hydrogens (primary N) is 1. The molecule has 1 aromatic heterocycles. The molecule has 204 valence electrons. The molecule has 38 heavy (non-hydrogen) atoms. The van der Waals surface area contributed by atoms with Gasteiger partial charge in [-0.2, -0.15) is 0 Å². The molecule has 0 amide bonds. The molecule has 2 aromatic rings. The van der Waals surface area contributed by atoms with Crippen molar-refractivity contribution in [1.29, 1.82) is 0 Å². The molecule has 1 unspecified atom stereocenters. The minimum absolute atomic E-state index is 0.242. The van der Waals surface area contributed by atoms with Crippen LogP contribution in [0.25, 0.3) is 11.1 Å². The highest BCUT2D eigenvalue weighted by molar-refractivity contribution is 6.02. The number of rotatable bonds is 7. The van der Waals surface area contributed by atoms with Crippen LogP contribution in [-0.2, 0) is 6.54 Å². The Morgan fingerprint density at radius 2 is 2.00 bits per heavy atom.